The molecular weight excluding hydrogens is 232 g/mol. The smallest absolute Gasteiger partial charge is 0.307 e. The van der Waals surface area contributed by atoms with Crippen LogP contribution in [0.25, 0.3) is 0 Å². The molecule has 1 aliphatic rings. The Kier molecular flexibility index (Phi) is 3.22. The topological polar surface area (TPSA) is 37.3 Å². The molecule has 2 rings (SSSR count). The zero-order valence-corrected chi connectivity index (χ0v) is 9.59. The third kappa shape index (κ3) is 2.29. The highest BCUT2D eigenvalue weighted by molar-refractivity contribution is 7.99. The van der Waals surface area contributed by atoms with Gasteiger partial charge in [-0.1, -0.05) is 23.7 Å². The molecule has 4 heteroatoms. The Morgan fingerprint density at radius 3 is 2.60 bits per heavy atom. The Labute approximate surface area is 97.6 Å². The molecule has 2 atom stereocenters. The van der Waals surface area contributed by atoms with Crippen LogP contribution in [0.4, 0.5) is 0 Å². The molecule has 0 spiro atoms. The van der Waals surface area contributed by atoms with Crippen LogP contribution in [0.2, 0.25) is 5.02 Å². The molecule has 0 radical (unpaired) electrons. The van der Waals surface area contributed by atoms with Crippen LogP contribution in [0, 0.1) is 5.92 Å². The van der Waals surface area contributed by atoms with E-state index in [1.807, 2.05) is 24.3 Å². The van der Waals surface area contributed by atoms with Crippen LogP contribution in [0.5, 0.6) is 0 Å². The minimum Gasteiger partial charge on any atom is -0.481 e. The molecule has 1 aromatic rings. The molecule has 1 heterocycles. The van der Waals surface area contributed by atoms with Crippen molar-refractivity contribution < 1.29 is 9.90 Å². The number of hydrogen-bond donors (Lipinski definition) is 1. The largest absolute Gasteiger partial charge is 0.481 e. The lowest BCUT2D eigenvalue weighted by Crippen LogP contribution is -2.20. The molecule has 0 aromatic heterocycles. The van der Waals surface area contributed by atoms with Crippen LogP contribution < -0.4 is 0 Å². The Hall–Kier alpha value is -0.670. The molecule has 2 nitrogen and oxygen atoms in total. The normalized spacial score (nSPS) is 25.4. The zero-order valence-electron chi connectivity index (χ0n) is 8.02. The van der Waals surface area contributed by atoms with Crippen molar-refractivity contribution in [1.29, 1.82) is 0 Å². The fourth-order valence-electron chi connectivity index (χ4n) is 1.84. The lowest BCUT2D eigenvalue weighted by Gasteiger charge is -2.14. The van der Waals surface area contributed by atoms with Gasteiger partial charge in [0, 0.05) is 22.4 Å². The average molecular weight is 243 g/mol. The molecule has 0 amide bonds. The standard InChI is InChI=1S/C11H11ClO2S/c12-8-3-1-7(2-4-8)9-5-15-6-10(9)11(13)14/h1-4,9-10H,5-6H2,(H,13,14). The second-order valence-electron chi connectivity index (χ2n) is 3.64. The van der Waals surface area contributed by atoms with E-state index in [4.69, 9.17) is 16.7 Å². The molecule has 1 aromatic carbocycles. The van der Waals surface area contributed by atoms with Gasteiger partial charge in [0.1, 0.15) is 0 Å². The van der Waals surface area contributed by atoms with E-state index in [0.717, 1.165) is 11.3 Å². The van der Waals surface area contributed by atoms with Gasteiger partial charge < -0.3 is 5.11 Å². The maximum Gasteiger partial charge on any atom is 0.307 e. The van der Waals surface area contributed by atoms with Crippen molar-refractivity contribution in [2.45, 2.75) is 5.92 Å². The third-order valence-corrected chi connectivity index (χ3v) is 4.14. The Bertz CT molecular complexity index is 363. The molecule has 2 unspecified atom stereocenters. The number of thioether (sulfide) groups is 1. The first-order chi connectivity index (χ1) is 7.18. The van der Waals surface area contributed by atoms with Crippen LogP contribution in [0.1, 0.15) is 11.5 Å². The number of hydrogen-bond acceptors (Lipinski definition) is 2. The Morgan fingerprint density at radius 1 is 1.33 bits per heavy atom. The van der Waals surface area contributed by atoms with Gasteiger partial charge in [0.05, 0.1) is 5.92 Å². The average Bonchev–Trinajstić information content (AvgIpc) is 2.67. The SMILES string of the molecule is O=C(O)C1CSCC1c1ccc(Cl)cc1. The van der Waals surface area contributed by atoms with Crippen molar-refractivity contribution >= 4 is 29.3 Å². The first kappa shape index (κ1) is 10.8. The van der Waals surface area contributed by atoms with Gasteiger partial charge in [-0.2, -0.15) is 11.8 Å². The lowest BCUT2D eigenvalue weighted by molar-refractivity contribution is -0.141. The van der Waals surface area contributed by atoms with Crippen molar-refractivity contribution in [3.05, 3.63) is 34.9 Å². The van der Waals surface area contributed by atoms with E-state index in [2.05, 4.69) is 0 Å². The molecule has 1 fully saturated rings. The predicted octanol–water partition coefficient (Wildman–Crippen LogP) is 2.87. The van der Waals surface area contributed by atoms with Crippen molar-refractivity contribution in [3.63, 3.8) is 0 Å². The second-order valence-corrected chi connectivity index (χ2v) is 5.15. The highest BCUT2D eigenvalue weighted by Crippen LogP contribution is 2.37. The predicted molar refractivity (Wildman–Crippen MR) is 62.6 cm³/mol. The molecule has 80 valence electrons. The minimum absolute atomic E-state index is 0.129. The molecule has 0 saturated carbocycles. The van der Waals surface area contributed by atoms with Crippen LogP contribution in [-0.4, -0.2) is 22.6 Å². The van der Waals surface area contributed by atoms with Gasteiger partial charge in [0.25, 0.3) is 0 Å². The molecule has 1 N–H and O–H groups in total. The summed E-state index contributed by atoms with van der Waals surface area (Å²) < 4.78 is 0. The number of carbonyl (C=O) groups is 1. The van der Waals surface area contributed by atoms with E-state index < -0.39 is 5.97 Å². The van der Waals surface area contributed by atoms with Gasteiger partial charge in [-0.3, -0.25) is 4.79 Å². The first-order valence-electron chi connectivity index (χ1n) is 4.74. The van der Waals surface area contributed by atoms with Crippen LogP contribution >= 0.6 is 23.4 Å². The molecule has 0 aliphatic carbocycles. The summed E-state index contributed by atoms with van der Waals surface area (Å²) >= 11 is 7.50. The zero-order chi connectivity index (χ0) is 10.8. The molecular formula is C11H11ClO2S. The number of carboxylic acid groups (broad SMARTS) is 1. The fraction of sp³-hybridized carbons (Fsp3) is 0.364. The highest BCUT2D eigenvalue weighted by Gasteiger charge is 2.34. The quantitative estimate of drug-likeness (QED) is 0.867. The van der Waals surface area contributed by atoms with E-state index in [1.54, 1.807) is 11.8 Å². The number of aliphatic carboxylic acids is 1. The molecule has 1 aliphatic heterocycles. The first-order valence-corrected chi connectivity index (χ1v) is 6.28. The van der Waals surface area contributed by atoms with Crippen LogP contribution in [-0.2, 0) is 4.79 Å². The van der Waals surface area contributed by atoms with Crippen molar-refractivity contribution in [1.82, 2.24) is 0 Å². The van der Waals surface area contributed by atoms with E-state index in [1.165, 1.54) is 0 Å². The molecule has 0 bridgehead atoms. The molecule has 15 heavy (non-hydrogen) atoms. The van der Waals surface area contributed by atoms with Crippen LogP contribution in [0.3, 0.4) is 0 Å². The lowest BCUT2D eigenvalue weighted by atomic mass is 9.89. The summed E-state index contributed by atoms with van der Waals surface area (Å²) in [5.74, 6) is 0.780. The van der Waals surface area contributed by atoms with Gasteiger partial charge in [-0.25, -0.2) is 0 Å². The van der Waals surface area contributed by atoms with Crippen molar-refractivity contribution in [2.24, 2.45) is 5.92 Å². The van der Waals surface area contributed by atoms with Gasteiger partial charge >= 0.3 is 5.97 Å². The molecule has 1 saturated heterocycles. The van der Waals surface area contributed by atoms with Gasteiger partial charge in [-0.15, -0.1) is 0 Å². The van der Waals surface area contributed by atoms with E-state index >= 15 is 0 Å². The summed E-state index contributed by atoms with van der Waals surface area (Å²) in [6, 6.07) is 7.49. The number of rotatable bonds is 2. The summed E-state index contributed by atoms with van der Waals surface area (Å²) in [6.07, 6.45) is 0. The van der Waals surface area contributed by atoms with E-state index in [0.29, 0.717) is 10.8 Å². The summed E-state index contributed by atoms with van der Waals surface area (Å²) in [4.78, 5) is 11.0. The van der Waals surface area contributed by atoms with E-state index in [-0.39, 0.29) is 11.8 Å². The number of carboxylic acids is 1. The minimum atomic E-state index is -0.694. The maximum atomic E-state index is 11.0. The number of halogens is 1. The monoisotopic (exact) mass is 242 g/mol. The second kappa shape index (κ2) is 4.45. The van der Waals surface area contributed by atoms with Gasteiger partial charge in [0.2, 0.25) is 0 Å². The van der Waals surface area contributed by atoms with Crippen LogP contribution in [0.15, 0.2) is 24.3 Å². The third-order valence-electron chi connectivity index (χ3n) is 2.70. The maximum absolute atomic E-state index is 11.0. The summed E-state index contributed by atoms with van der Waals surface area (Å²) in [6.45, 7) is 0. The van der Waals surface area contributed by atoms with Crippen molar-refractivity contribution in [3.8, 4) is 0 Å². The highest BCUT2D eigenvalue weighted by atomic mass is 35.5. The Morgan fingerprint density at radius 2 is 2.00 bits per heavy atom. The fourth-order valence-corrected chi connectivity index (χ4v) is 3.41. The van der Waals surface area contributed by atoms with Crippen molar-refractivity contribution in [2.75, 3.05) is 11.5 Å². The summed E-state index contributed by atoms with van der Waals surface area (Å²) in [7, 11) is 0. The van der Waals surface area contributed by atoms with Gasteiger partial charge in [-0.05, 0) is 17.7 Å². The summed E-state index contributed by atoms with van der Waals surface area (Å²) in [5, 5.41) is 9.75. The van der Waals surface area contributed by atoms with E-state index in [9.17, 15) is 4.79 Å². The summed E-state index contributed by atoms with van der Waals surface area (Å²) in [5.41, 5.74) is 1.08. The van der Waals surface area contributed by atoms with Gasteiger partial charge in [0.15, 0.2) is 0 Å². The number of benzene rings is 1. The Balaban J connectivity index is 2.22.